The van der Waals surface area contributed by atoms with Crippen LogP contribution in [0.2, 0.25) is 0 Å². The Morgan fingerprint density at radius 3 is 2.46 bits per heavy atom. The molecule has 5 rings (SSSR count). The van der Waals surface area contributed by atoms with E-state index in [4.69, 9.17) is 4.74 Å². The summed E-state index contributed by atoms with van der Waals surface area (Å²) < 4.78 is 5.87. The van der Waals surface area contributed by atoms with Crippen molar-refractivity contribution in [2.45, 2.75) is 0 Å². The number of amides is 2. The van der Waals surface area contributed by atoms with Crippen molar-refractivity contribution in [1.29, 1.82) is 0 Å². The minimum Gasteiger partial charge on any atom is -0.465 e. The maximum atomic E-state index is 13.3. The maximum absolute atomic E-state index is 13.3. The molecular weight excluding hydrogens is 514 g/mol. The Kier molecular flexibility index (Phi) is 7.14. The Morgan fingerprint density at radius 2 is 1.74 bits per heavy atom. The standard InChI is InChI=1S/C29H27N5O4S/c1-33(2)15-25(35)34(3)20-9-7-19(8-10-20)31-27(17-6-12-24-23(13-17)30-16-39-24)26-21-11-5-18(29(37)38-4)14-22(21)32-28(26)36/h5-14,16,31H,15H2,1-4H3,(H,32,36)/b27-26-. The predicted octanol–water partition coefficient (Wildman–Crippen LogP) is 4.54. The van der Waals surface area contributed by atoms with Gasteiger partial charge < -0.3 is 25.2 Å². The highest BCUT2D eigenvalue weighted by atomic mass is 32.1. The van der Waals surface area contributed by atoms with Gasteiger partial charge in [-0.2, -0.15) is 0 Å². The van der Waals surface area contributed by atoms with E-state index < -0.39 is 5.97 Å². The number of benzene rings is 3. The molecule has 0 unspecified atom stereocenters. The van der Waals surface area contributed by atoms with Crippen LogP contribution >= 0.6 is 11.3 Å². The van der Waals surface area contributed by atoms with Gasteiger partial charge in [0.15, 0.2) is 0 Å². The van der Waals surface area contributed by atoms with Gasteiger partial charge in [0.05, 0.1) is 51.9 Å². The van der Waals surface area contributed by atoms with Crippen molar-refractivity contribution in [3.05, 3.63) is 82.9 Å². The lowest BCUT2D eigenvalue weighted by Gasteiger charge is -2.20. The summed E-state index contributed by atoms with van der Waals surface area (Å²) in [4.78, 5) is 45.7. The van der Waals surface area contributed by atoms with E-state index in [1.807, 2.05) is 61.5 Å². The van der Waals surface area contributed by atoms with Gasteiger partial charge in [-0.1, -0.05) is 12.1 Å². The Labute approximate surface area is 229 Å². The molecule has 0 atom stereocenters. The van der Waals surface area contributed by atoms with Crippen molar-refractivity contribution < 1.29 is 19.1 Å². The zero-order valence-electron chi connectivity index (χ0n) is 21.9. The molecule has 2 amide bonds. The molecular formula is C29H27N5O4S. The summed E-state index contributed by atoms with van der Waals surface area (Å²) >= 11 is 1.54. The number of hydrogen-bond acceptors (Lipinski definition) is 8. The third-order valence-corrected chi connectivity index (χ3v) is 7.21. The summed E-state index contributed by atoms with van der Waals surface area (Å²) in [5.74, 6) is -0.796. The SMILES string of the molecule is COC(=O)c1ccc2c(c1)NC(=O)/C2=C(\Nc1ccc(N(C)C(=O)CN(C)C)cc1)c1ccc2scnc2c1. The first-order valence-electron chi connectivity index (χ1n) is 12.2. The molecule has 0 bridgehead atoms. The van der Waals surface area contributed by atoms with Crippen LogP contribution in [0.15, 0.2) is 66.2 Å². The van der Waals surface area contributed by atoms with Gasteiger partial charge in [0.1, 0.15) is 0 Å². The quantitative estimate of drug-likeness (QED) is 0.262. The molecule has 4 aromatic rings. The van der Waals surface area contributed by atoms with Gasteiger partial charge in [-0.25, -0.2) is 9.78 Å². The van der Waals surface area contributed by atoms with Gasteiger partial charge in [0.2, 0.25) is 5.91 Å². The molecule has 198 valence electrons. The zero-order valence-corrected chi connectivity index (χ0v) is 22.8. The average molecular weight is 542 g/mol. The van der Waals surface area contributed by atoms with Crippen molar-refractivity contribution in [2.24, 2.45) is 0 Å². The van der Waals surface area contributed by atoms with E-state index in [1.54, 1.807) is 47.0 Å². The van der Waals surface area contributed by atoms with Gasteiger partial charge in [0, 0.05) is 29.5 Å². The van der Waals surface area contributed by atoms with Crippen molar-refractivity contribution in [3.63, 3.8) is 0 Å². The highest BCUT2D eigenvalue weighted by molar-refractivity contribution is 7.16. The molecule has 3 aromatic carbocycles. The molecule has 2 N–H and O–H groups in total. The summed E-state index contributed by atoms with van der Waals surface area (Å²) in [6.07, 6.45) is 0. The van der Waals surface area contributed by atoms with Crippen LogP contribution in [0, 0.1) is 0 Å². The minimum absolute atomic E-state index is 0.0226. The molecule has 1 aromatic heterocycles. The normalized spacial score (nSPS) is 13.7. The number of nitrogens with one attached hydrogen (secondary N) is 2. The Morgan fingerprint density at radius 1 is 1.00 bits per heavy atom. The number of rotatable bonds is 7. The Hall–Kier alpha value is -4.54. The van der Waals surface area contributed by atoms with Crippen molar-refractivity contribution >= 4 is 67.7 Å². The fourth-order valence-corrected chi connectivity index (χ4v) is 5.05. The van der Waals surface area contributed by atoms with E-state index in [1.165, 1.54) is 7.11 Å². The fraction of sp³-hybridized carbons (Fsp3) is 0.172. The van der Waals surface area contributed by atoms with E-state index in [0.29, 0.717) is 34.6 Å². The number of nitrogens with zero attached hydrogens (tertiary/aromatic N) is 3. The van der Waals surface area contributed by atoms with Gasteiger partial charge >= 0.3 is 5.97 Å². The van der Waals surface area contributed by atoms with E-state index in [-0.39, 0.29) is 11.8 Å². The molecule has 1 aliphatic heterocycles. The maximum Gasteiger partial charge on any atom is 0.337 e. The second-order valence-electron chi connectivity index (χ2n) is 9.35. The van der Waals surface area contributed by atoms with E-state index >= 15 is 0 Å². The molecule has 0 saturated heterocycles. The van der Waals surface area contributed by atoms with Crippen LogP contribution in [0.4, 0.5) is 17.1 Å². The molecule has 10 heteroatoms. The number of anilines is 3. The second-order valence-corrected chi connectivity index (χ2v) is 10.2. The fourth-order valence-electron chi connectivity index (χ4n) is 4.39. The monoisotopic (exact) mass is 541 g/mol. The molecule has 0 fully saturated rings. The van der Waals surface area contributed by atoms with Crippen LogP contribution in [-0.2, 0) is 14.3 Å². The highest BCUT2D eigenvalue weighted by Crippen LogP contribution is 2.39. The molecule has 0 saturated carbocycles. The van der Waals surface area contributed by atoms with Gasteiger partial charge in [-0.05, 0) is 62.6 Å². The summed E-state index contributed by atoms with van der Waals surface area (Å²) in [6.45, 7) is 0.304. The summed E-state index contributed by atoms with van der Waals surface area (Å²) in [5.41, 5.74) is 7.47. The summed E-state index contributed by atoms with van der Waals surface area (Å²) in [6, 6.07) is 18.3. The van der Waals surface area contributed by atoms with Crippen LogP contribution in [0.5, 0.6) is 0 Å². The number of carbonyl (C=O) groups is 3. The molecule has 2 heterocycles. The minimum atomic E-state index is -0.481. The molecule has 1 aliphatic rings. The predicted molar refractivity (Wildman–Crippen MR) is 155 cm³/mol. The zero-order chi connectivity index (χ0) is 27.7. The van der Waals surface area contributed by atoms with Crippen LogP contribution in [0.1, 0.15) is 21.5 Å². The molecule has 0 radical (unpaired) electrons. The van der Waals surface area contributed by atoms with Gasteiger partial charge in [0.25, 0.3) is 5.91 Å². The van der Waals surface area contributed by atoms with Gasteiger partial charge in [-0.3, -0.25) is 9.59 Å². The van der Waals surface area contributed by atoms with Crippen LogP contribution < -0.4 is 15.5 Å². The first kappa shape index (κ1) is 26.1. The number of esters is 1. The summed E-state index contributed by atoms with van der Waals surface area (Å²) in [7, 11) is 6.76. The highest BCUT2D eigenvalue weighted by Gasteiger charge is 2.29. The first-order chi connectivity index (χ1) is 18.7. The number of carbonyl (C=O) groups excluding carboxylic acids is 3. The van der Waals surface area contributed by atoms with Crippen molar-refractivity contribution in [2.75, 3.05) is 50.3 Å². The Balaban J connectivity index is 1.56. The number of ether oxygens (including phenoxy) is 1. The number of fused-ring (bicyclic) bond motifs is 2. The topological polar surface area (TPSA) is 104 Å². The summed E-state index contributed by atoms with van der Waals surface area (Å²) in [5, 5.41) is 6.31. The van der Waals surface area contributed by atoms with E-state index in [9.17, 15) is 14.4 Å². The van der Waals surface area contributed by atoms with E-state index in [2.05, 4.69) is 15.6 Å². The number of hydrogen-bond donors (Lipinski definition) is 2. The lowest BCUT2D eigenvalue weighted by atomic mass is 9.98. The largest absolute Gasteiger partial charge is 0.465 e. The van der Waals surface area contributed by atoms with Crippen LogP contribution in [0.3, 0.4) is 0 Å². The van der Waals surface area contributed by atoms with Crippen LogP contribution in [-0.4, -0.2) is 62.5 Å². The number of likely N-dealkylation sites (N-methyl/N-ethyl adjacent to an activating group) is 2. The molecule has 0 aliphatic carbocycles. The van der Waals surface area contributed by atoms with Crippen molar-refractivity contribution in [3.8, 4) is 0 Å². The molecule has 0 spiro atoms. The van der Waals surface area contributed by atoms with Crippen LogP contribution in [0.25, 0.3) is 21.5 Å². The lowest BCUT2D eigenvalue weighted by Crippen LogP contribution is -2.34. The molecule has 9 nitrogen and oxygen atoms in total. The number of aromatic nitrogens is 1. The van der Waals surface area contributed by atoms with Crippen molar-refractivity contribution in [1.82, 2.24) is 9.88 Å². The first-order valence-corrected chi connectivity index (χ1v) is 13.0. The van der Waals surface area contributed by atoms with Gasteiger partial charge in [-0.15, -0.1) is 11.3 Å². The smallest absolute Gasteiger partial charge is 0.337 e. The second kappa shape index (κ2) is 10.7. The third-order valence-electron chi connectivity index (χ3n) is 6.40. The number of methoxy groups -OCH3 is 1. The average Bonchev–Trinajstić information content (AvgIpc) is 3.53. The third kappa shape index (κ3) is 5.25. The number of thiazole rings is 1. The molecule has 39 heavy (non-hydrogen) atoms. The lowest BCUT2D eigenvalue weighted by molar-refractivity contribution is -0.119. The Bertz CT molecular complexity index is 1620. The van der Waals surface area contributed by atoms with E-state index in [0.717, 1.165) is 27.2 Å².